The summed E-state index contributed by atoms with van der Waals surface area (Å²) in [6.45, 7) is 6.91. The van der Waals surface area contributed by atoms with Crippen LogP contribution in [0.4, 0.5) is 0 Å². The van der Waals surface area contributed by atoms with E-state index in [-0.39, 0.29) is 5.41 Å². The van der Waals surface area contributed by atoms with Gasteiger partial charge in [-0.2, -0.15) is 0 Å². The molecule has 0 heterocycles. The number of phenolic OH excluding ortho intramolecular Hbond substituents is 1. The summed E-state index contributed by atoms with van der Waals surface area (Å²) in [6, 6.07) is 16.9. The molecule has 1 atom stereocenters. The molecule has 0 bridgehead atoms. The Balaban J connectivity index is 2.13. The van der Waals surface area contributed by atoms with Gasteiger partial charge in [-0.1, -0.05) is 62.2 Å². The van der Waals surface area contributed by atoms with Crippen molar-refractivity contribution in [3.8, 4) is 5.75 Å². The van der Waals surface area contributed by atoms with Crippen LogP contribution in [-0.4, -0.2) is 5.11 Å². The van der Waals surface area contributed by atoms with Gasteiger partial charge in [0.2, 0.25) is 0 Å². The molecule has 1 heteroatoms. The molecule has 3 rings (SSSR count). The predicted molar refractivity (Wildman–Crippen MR) is 92.3 cm³/mol. The molecule has 116 valence electrons. The maximum Gasteiger partial charge on any atom is 0.115 e. The summed E-state index contributed by atoms with van der Waals surface area (Å²) in [5, 5.41) is 9.65. The van der Waals surface area contributed by atoms with Gasteiger partial charge in [0, 0.05) is 5.41 Å². The van der Waals surface area contributed by atoms with Crippen molar-refractivity contribution in [1.82, 2.24) is 0 Å². The summed E-state index contributed by atoms with van der Waals surface area (Å²) in [7, 11) is 0. The number of hydrogen-bond acceptors (Lipinski definition) is 1. The molecule has 1 N–H and O–H groups in total. The Bertz CT molecular complexity index is 589. The zero-order valence-corrected chi connectivity index (χ0v) is 13.9. The summed E-state index contributed by atoms with van der Waals surface area (Å²) < 4.78 is 0. The van der Waals surface area contributed by atoms with E-state index >= 15 is 0 Å². The second-order valence-corrected chi connectivity index (χ2v) is 7.69. The fourth-order valence-electron chi connectivity index (χ4n) is 4.17. The van der Waals surface area contributed by atoms with Crippen LogP contribution in [-0.2, 0) is 5.41 Å². The number of aromatic hydroxyl groups is 1. The maximum absolute atomic E-state index is 9.65. The number of phenols is 1. The first kappa shape index (κ1) is 15.1. The first-order chi connectivity index (χ1) is 10.4. The normalized spacial score (nSPS) is 24.1. The zero-order chi connectivity index (χ0) is 15.8. The third-order valence-corrected chi connectivity index (χ3v) is 5.26. The zero-order valence-electron chi connectivity index (χ0n) is 13.9. The summed E-state index contributed by atoms with van der Waals surface area (Å²) in [4.78, 5) is 0. The lowest BCUT2D eigenvalue weighted by Gasteiger charge is -2.46. The number of aryl methyl sites for hydroxylation is 1. The summed E-state index contributed by atoms with van der Waals surface area (Å²) >= 11 is 0. The second-order valence-electron chi connectivity index (χ2n) is 7.69. The first-order valence-electron chi connectivity index (χ1n) is 8.28. The average molecular weight is 294 g/mol. The van der Waals surface area contributed by atoms with Crippen LogP contribution in [0.1, 0.15) is 56.2 Å². The number of benzene rings is 2. The van der Waals surface area contributed by atoms with E-state index in [2.05, 4.69) is 57.2 Å². The molecule has 0 spiro atoms. The van der Waals surface area contributed by atoms with Crippen LogP contribution in [0, 0.1) is 12.3 Å². The SMILES string of the molecule is Cc1ccc(C2(c3ccc(O)cc3)CCCC(C)(C)C2)cc1. The van der Waals surface area contributed by atoms with E-state index < -0.39 is 0 Å². The Hall–Kier alpha value is -1.76. The van der Waals surface area contributed by atoms with Gasteiger partial charge in [0.1, 0.15) is 5.75 Å². The van der Waals surface area contributed by atoms with E-state index in [9.17, 15) is 5.11 Å². The highest BCUT2D eigenvalue weighted by atomic mass is 16.3. The van der Waals surface area contributed by atoms with E-state index in [1.54, 1.807) is 0 Å². The monoisotopic (exact) mass is 294 g/mol. The number of rotatable bonds is 2. The molecule has 1 unspecified atom stereocenters. The molecular formula is C21H26O. The Morgan fingerprint density at radius 3 is 1.91 bits per heavy atom. The molecule has 2 aromatic rings. The van der Waals surface area contributed by atoms with Crippen molar-refractivity contribution in [1.29, 1.82) is 0 Å². The fraction of sp³-hybridized carbons (Fsp3) is 0.429. The molecule has 1 nitrogen and oxygen atoms in total. The van der Waals surface area contributed by atoms with Crippen LogP contribution in [0.3, 0.4) is 0 Å². The van der Waals surface area contributed by atoms with Crippen LogP contribution in [0.2, 0.25) is 0 Å². The van der Waals surface area contributed by atoms with Crippen molar-refractivity contribution in [3.63, 3.8) is 0 Å². The minimum absolute atomic E-state index is 0.0726. The van der Waals surface area contributed by atoms with Crippen LogP contribution in [0.15, 0.2) is 48.5 Å². The highest BCUT2D eigenvalue weighted by Gasteiger charge is 2.42. The molecule has 0 aromatic heterocycles. The van der Waals surface area contributed by atoms with Gasteiger partial charge in [-0.05, 0) is 54.9 Å². The third kappa shape index (κ3) is 2.77. The minimum Gasteiger partial charge on any atom is -0.508 e. The summed E-state index contributed by atoms with van der Waals surface area (Å²) in [6.07, 6.45) is 4.89. The highest BCUT2D eigenvalue weighted by Crippen LogP contribution is 2.51. The number of hydrogen-bond donors (Lipinski definition) is 1. The molecule has 22 heavy (non-hydrogen) atoms. The Morgan fingerprint density at radius 1 is 0.818 bits per heavy atom. The maximum atomic E-state index is 9.65. The fourth-order valence-corrected chi connectivity index (χ4v) is 4.17. The van der Waals surface area contributed by atoms with Gasteiger partial charge in [-0.3, -0.25) is 0 Å². The van der Waals surface area contributed by atoms with Crippen LogP contribution in [0.25, 0.3) is 0 Å². The molecule has 1 aliphatic rings. The van der Waals surface area contributed by atoms with Crippen LogP contribution in [0.5, 0.6) is 5.75 Å². The van der Waals surface area contributed by atoms with Gasteiger partial charge >= 0.3 is 0 Å². The lowest BCUT2D eigenvalue weighted by Crippen LogP contribution is -2.37. The van der Waals surface area contributed by atoms with E-state index in [1.807, 2.05) is 12.1 Å². The van der Waals surface area contributed by atoms with Crippen molar-refractivity contribution in [2.45, 2.75) is 51.9 Å². The lowest BCUT2D eigenvalue weighted by molar-refractivity contribution is 0.173. The lowest BCUT2D eigenvalue weighted by atomic mass is 9.58. The minimum atomic E-state index is 0.0726. The van der Waals surface area contributed by atoms with Crippen molar-refractivity contribution < 1.29 is 5.11 Å². The van der Waals surface area contributed by atoms with Gasteiger partial charge in [0.05, 0.1) is 0 Å². The summed E-state index contributed by atoms with van der Waals surface area (Å²) in [5.41, 5.74) is 4.47. The molecule has 0 amide bonds. The van der Waals surface area contributed by atoms with Gasteiger partial charge < -0.3 is 5.11 Å². The molecule has 1 saturated carbocycles. The molecule has 1 fully saturated rings. The standard InChI is InChI=1S/C21H26O/c1-16-5-7-17(8-6-16)21(14-4-13-20(2,3)15-21)18-9-11-19(22)12-10-18/h5-12,22H,4,13-15H2,1-3H3. The van der Waals surface area contributed by atoms with E-state index in [1.165, 1.54) is 36.0 Å². The van der Waals surface area contributed by atoms with Crippen LogP contribution >= 0.6 is 0 Å². The predicted octanol–water partition coefficient (Wildman–Crippen LogP) is 5.59. The van der Waals surface area contributed by atoms with Crippen LogP contribution < -0.4 is 0 Å². The van der Waals surface area contributed by atoms with Gasteiger partial charge in [0.25, 0.3) is 0 Å². The van der Waals surface area contributed by atoms with Crippen molar-refractivity contribution in [2.24, 2.45) is 5.41 Å². The Kier molecular flexibility index (Phi) is 3.76. The molecule has 1 aliphatic carbocycles. The first-order valence-corrected chi connectivity index (χ1v) is 8.28. The molecular weight excluding hydrogens is 268 g/mol. The topological polar surface area (TPSA) is 20.2 Å². The summed E-state index contributed by atoms with van der Waals surface area (Å²) in [5.74, 6) is 0.345. The highest BCUT2D eigenvalue weighted by molar-refractivity contribution is 5.43. The molecule has 0 radical (unpaired) electrons. The average Bonchev–Trinajstić information content (AvgIpc) is 2.47. The molecule has 2 aromatic carbocycles. The third-order valence-electron chi connectivity index (χ3n) is 5.26. The quantitative estimate of drug-likeness (QED) is 0.765. The van der Waals surface area contributed by atoms with E-state index in [4.69, 9.17) is 0 Å². The van der Waals surface area contributed by atoms with Gasteiger partial charge in [-0.15, -0.1) is 0 Å². The van der Waals surface area contributed by atoms with Crippen molar-refractivity contribution in [3.05, 3.63) is 65.2 Å². The smallest absolute Gasteiger partial charge is 0.115 e. The van der Waals surface area contributed by atoms with Crippen molar-refractivity contribution in [2.75, 3.05) is 0 Å². The van der Waals surface area contributed by atoms with Crippen molar-refractivity contribution >= 4 is 0 Å². The Labute approximate surface area is 134 Å². The molecule has 0 saturated heterocycles. The second kappa shape index (κ2) is 5.46. The van der Waals surface area contributed by atoms with E-state index in [0.717, 1.165) is 6.42 Å². The van der Waals surface area contributed by atoms with Gasteiger partial charge in [0.15, 0.2) is 0 Å². The molecule has 0 aliphatic heterocycles. The van der Waals surface area contributed by atoms with Gasteiger partial charge in [-0.25, -0.2) is 0 Å². The van der Waals surface area contributed by atoms with E-state index in [0.29, 0.717) is 11.2 Å². The largest absolute Gasteiger partial charge is 0.508 e. The Morgan fingerprint density at radius 2 is 1.36 bits per heavy atom.